The number of nitrogen functional groups attached to an aromatic ring is 1. The minimum Gasteiger partial charge on any atom is -0.484 e. The maximum absolute atomic E-state index is 8.67. The predicted octanol–water partition coefficient (Wildman–Crippen LogP) is 2.48. The van der Waals surface area contributed by atoms with Crippen LogP contribution in [0.2, 0.25) is 0 Å². The van der Waals surface area contributed by atoms with E-state index in [0.29, 0.717) is 11.6 Å². The lowest BCUT2D eigenvalue weighted by Gasteiger charge is -2.11. The Labute approximate surface area is 113 Å². The first-order valence-corrected chi connectivity index (χ1v) is 7.19. The lowest BCUT2D eigenvalue weighted by molar-refractivity contribution is 0.245. The number of ether oxygens (including phenoxy) is 1. The van der Waals surface area contributed by atoms with Crippen LogP contribution in [0.4, 0.5) is 10.8 Å². The summed E-state index contributed by atoms with van der Waals surface area (Å²) in [4.78, 5) is 0. The largest absolute Gasteiger partial charge is 0.484 e. The van der Waals surface area contributed by atoms with Crippen molar-refractivity contribution >= 4 is 22.4 Å². The Morgan fingerprint density at radius 1 is 1.33 bits per heavy atom. The summed E-state index contributed by atoms with van der Waals surface area (Å²) in [5.74, 6) is 1.13. The summed E-state index contributed by atoms with van der Waals surface area (Å²) in [6.07, 6.45) is 4.23. The average molecular weight is 273 g/mol. The molecule has 18 heavy (non-hydrogen) atoms. The molecule has 0 spiro atoms. The Balaban J connectivity index is 2.33. The van der Waals surface area contributed by atoms with Gasteiger partial charge in [0.05, 0.1) is 6.10 Å². The fourth-order valence-corrected chi connectivity index (χ4v) is 2.22. The van der Waals surface area contributed by atoms with E-state index in [2.05, 4.69) is 9.69 Å². The Morgan fingerprint density at radius 3 is 2.72 bits per heavy atom. The second kappa shape index (κ2) is 8.16. The molecule has 0 aliphatic heterocycles. The van der Waals surface area contributed by atoms with E-state index in [-0.39, 0.29) is 12.7 Å². The van der Waals surface area contributed by atoms with Crippen LogP contribution < -0.4 is 15.8 Å². The molecule has 0 radical (unpaired) electrons. The number of aliphatic hydroxyl groups excluding tert-OH is 1. The van der Waals surface area contributed by atoms with E-state index in [4.69, 9.17) is 15.6 Å². The van der Waals surface area contributed by atoms with Gasteiger partial charge < -0.3 is 20.9 Å². The average Bonchev–Trinajstić information content (AvgIpc) is 2.65. The van der Waals surface area contributed by atoms with Crippen molar-refractivity contribution in [3.8, 4) is 5.75 Å². The minimum absolute atomic E-state index is 0.0915. The molecule has 0 saturated carbocycles. The zero-order valence-corrected chi connectivity index (χ0v) is 11.9. The van der Waals surface area contributed by atoms with Crippen LogP contribution in [0.1, 0.15) is 39.5 Å². The summed E-state index contributed by atoms with van der Waals surface area (Å²) in [6.45, 7) is 5.10. The van der Waals surface area contributed by atoms with Gasteiger partial charge in [0.1, 0.15) is 0 Å². The van der Waals surface area contributed by atoms with Crippen LogP contribution in [0.25, 0.3) is 0 Å². The van der Waals surface area contributed by atoms with Gasteiger partial charge in [-0.3, -0.25) is 0 Å². The molecule has 5 nitrogen and oxygen atoms in total. The molecule has 0 aliphatic rings. The van der Waals surface area contributed by atoms with Crippen molar-refractivity contribution in [2.24, 2.45) is 0 Å². The molecule has 6 heteroatoms. The molecule has 104 valence electrons. The van der Waals surface area contributed by atoms with Crippen LogP contribution in [0.3, 0.4) is 0 Å². The van der Waals surface area contributed by atoms with Gasteiger partial charge in [-0.2, -0.15) is 4.37 Å². The van der Waals surface area contributed by atoms with E-state index >= 15 is 0 Å². The van der Waals surface area contributed by atoms with Crippen molar-refractivity contribution in [2.45, 2.75) is 45.6 Å². The Hall–Kier alpha value is -1.01. The summed E-state index contributed by atoms with van der Waals surface area (Å²) in [7, 11) is 0. The molecule has 0 amide bonds. The SMILES string of the molecule is CC(C)Oc1c(N)nsc1NCCCCCCO. The van der Waals surface area contributed by atoms with Gasteiger partial charge in [-0.1, -0.05) is 12.8 Å². The number of unbranched alkanes of at least 4 members (excludes halogenated alkanes) is 3. The normalized spacial score (nSPS) is 10.9. The fourth-order valence-electron chi connectivity index (χ4n) is 1.55. The molecule has 0 atom stereocenters. The minimum atomic E-state index is 0.0915. The van der Waals surface area contributed by atoms with Gasteiger partial charge in [-0.15, -0.1) is 0 Å². The molecule has 1 heterocycles. The van der Waals surface area contributed by atoms with Crippen molar-refractivity contribution in [2.75, 3.05) is 24.2 Å². The third kappa shape index (κ3) is 5.10. The number of nitrogens with two attached hydrogens (primary N) is 1. The fraction of sp³-hybridized carbons (Fsp3) is 0.750. The van der Waals surface area contributed by atoms with Crippen LogP contribution >= 0.6 is 11.5 Å². The first kappa shape index (κ1) is 15.0. The summed E-state index contributed by atoms with van der Waals surface area (Å²) in [5.41, 5.74) is 5.77. The van der Waals surface area contributed by atoms with Gasteiger partial charge in [-0.25, -0.2) is 0 Å². The maximum atomic E-state index is 8.67. The zero-order chi connectivity index (χ0) is 13.4. The monoisotopic (exact) mass is 273 g/mol. The second-order valence-corrected chi connectivity index (χ2v) is 5.23. The van der Waals surface area contributed by atoms with Crippen molar-refractivity contribution in [1.82, 2.24) is 4.37 Å². The topological polar surface area (TPSA) is 80.4 Å². The maximum Gasteiger partial charge on any atom is 0.197 e. The lowest BCUT2D eigenvalue weighted by Crippen LogP contribution is -2.09. The molecular formula is C12H23N3O2S. The number of nitrogens with zero attached hydrogens (tertiary/aromatic N) is 1. The van der Waals surface area contributed by atoms with E-state index in [0.717, 1.165) is 37.2 Å². The molecule has 1 rings (SSSR count). The Kier molecular flexibility index (Phi) is 6.82. The lowest BCUT2D eigenvalue weighted by atomic mass is 10.2. The highest BCUT2D eigenvalue weighted by atomic mass is 32.1. The summed E-state index contributed by atoms with van der Waals surface area (Å²) < 4.78 is 9.74. The van der Waals surface area contributed by atoms with Crippen molar-refractivity contribution < 1.29 is 9.84 Å². The third-order valence-corrected chi connectivity index (χ3v) is 3.20. The molecule has 0 unspecified atom stereocenters. The van der Waals surface area contributed by atoms with Crippen molar-refractivity contribution in [3.63, 3.8) is 0 Å². The van der Waals surface area contributed by atoms with Gasteiger partial charge in [0, 0.05) is 13.2 Å². The van der Waals surface area contributed by atoms with Crippen LogP contribution in [0, 0.1) is 0 Å². The number of aliphatic hydroxyl groups is 1. The second-order valence-electron chi connectivity index (χ2n) is 4.46. The van der Waals surface area contributed by atoms with Gasteiger partial charge in [0.2, 0.25) is 0 Å². The van der Waals surface area contributed by atoms with Crippen molar-refractivity contribution in [1.29, 1.82) is 0 Å². The molecule has 1 aromatic rings. The standard InChI is InChI=1S/C12H23N3O2S/c1-9(2)17-10-11(13)15-18-12(10)14-7-5-3-4-6-8-16/h9,14,16H,3-8H2,1-2H3,(H2,13,15). The Morgan fingerprint density at radius 2 is 2.06 bits per heavy atom. The number of aromatic nitrogens is 1. The molecule has 0 bridgehead atoms. The molecule has 0 aliphatic carbocycles. The number of hydrogen-bond acceptors (Lipinski definition) is 6. The molecule has 1 aromatic heterocycles. The smallest absolute Gasteiger partial charge is 0.197 e. The van der Waals surface area contributed by atoms with Gasteiger partial charge in [0.15, 0.2) is 16.6 Å². The summed E-state index contributed by atoms with van der Waals surface area (Å²) in [5, 5.41) is 12.9. The van der Waals surface area contributed by atoms with Gasteiger partial charge in [-0.05, 0) is 38.2 Å². The number of rotatable bonds is 9. The summed E-state index contributed by atoms with van der Waals surface area (Å²) >= 11 is 1.34. The van der Waals surface area contributed by atoms with Crippen LogP contribution in [-0.2, 0) is 0 Å². The van der Waals surface area contributed by atoms with Crippen molar-refractivity contribution in [3.05, 3.63) is 0 Å². The number of hydrogen-bond donors (Lipinski definition) is 3. The number of anilines is 2. The molecular weight excluding hydrogens is 250 g/mol. The predicted molar refractivity (Wildman–Crippen MR) is 76.3 cm³/mol. The molecule has 0 saturated heterocycles. The van der Waals surface area contributed by atoms with E-state index in [1.807, 2.05) is 13.8 Å². The summed E-state index contributed by atoms with van der Waals surface area (Å²) in [6, 6.07) is 0. The highest BCUT2D eigenvalue weighted by Crippen LogP contribution is 2.35. The van der Waals surface area contributed by atoms with Crippen LogP contribution in [-0.4, -0.2) is 28.7 Å². The van der Waals surface area contributed by atoms with Gasteiger partial charge in [0.25, 0.3) is 0 Å². The third-order valence-electron chi connectivity index (χ3n) is 2.40. The van der Waals surface area contributed by atoms with E-state index in [1.54, 1.807) is 0 Å². The van der Waals surface area contributed by atoms with Gasteiger partial charge >= 0.3 is 0 Å². The molecule has 0 fully saturated rings. The number of nitrogens with one attached hydrogen (secondary N) is 1. The first-order valence-electron chi connectivity index (χ1n) is 6.41. The van der Waals surface area contributed by atoms with Crippen LogP contribution in [0.5, 0.6) is 5.75 Å². The molecule has 4 N–H and O–H groups in total. The highest BCUT2D eigenvalue weighted by Gasteiger charge is 2.13. The first-order chi connectivity index (χ1) is 8.65. The Bertz CT molecular complexity index is 342. The van der Waals surface area contributed by atoms with E-state index in [1.165, 1.54) is 11.5 Å². The van der Waals surface area contributed by atoms with Crippen LogP contribution in [0.15, 0.2) is 0 Å². The van der Waals surface area contributed by atoms with E-state index < -0.39 is 0 Å². The zero-order valence-electron chi connectivity index (χ0n) is 11.1. The van der Waals surface area contributed by atoms with E-state index in [9.17, 15) is 0 Å². The molecule has 0 aromatic carbocycles. The highest BCUT2D eigenvalue weighted by molar-refractivity contribution is 7.11. The quantitative estimate of drug-likeness (QED) is 0.602.